The minimum Gasteiger partial charge on any atom is -0.478 e. The van der Waals surface area contributed by atoms with Crippen molar-refractivity contribution in [2.75, 3.05) is 0 Å². The Morgan fingerprint density at radius 1 is 1.03 bits per heavy atom. The minimum atomic E-state index is -4.40. The van der Waals surface area contributed by atoms with Crippen molar-refractivity contribution >= 4 is 5.97 Å². The Labute approximate surface area is 182 Å². The number of rotatable bonds is 8. The summed E-state index contributed by atoms with van der Waals surface area (Å²) in [4.78, 5) is 15.5. The van der Waals surface area contributed by atoms with Crippen molar-refractivity contribution in [1.29, 1.82) is 0 Å². The highest BCUT2D eigenvalue weighted by atomic mass is 19.4. The molecule has 3 aromatic rings. The molecular weight excluding hydrogens is 427 g/mol. The Balaban J connectivity index is 1.58. The summed E-state index contributed by atoms with van der Waals surface area (Å²) in [5, 5.41) is 13.4. The Morgan fingerprint density at radius 3 is 2.22 bits per heavy atom. The number of hydrogen-bond donors (Lipinski definition) is 1. The average molecular weight is 449 g/mol. The summed E-state index contributed by atoms with van der Waals surface area (Å²) >= 11 is 0. The van der Waals surface area contributed by atoms with Crippen LogP contribution < -0.4 is 4.74 Å². The SMILES string of the molecule is Cn1nc(-c2ccc(C(F)(F)F)cc2)nc1COCc1ccc(OC(C)(C)C(=O)O)cc1. The van der Waals surface area contributed by atoms with E-state index in [1.165, 1.54) is 30.7 Å². The molecule has 170 valence electrons. The van der Waals surface area contributed by atoms with E-state index < -0.39 is 23.3 Å². The second-order valence-corrected chi connectivity index (χ2v) is 7.60. The number of nitrogens with zero attached hydrogens (tertiary/aromatic N) is 3. The minimum absolute atomic E-state index is 0.147. The number of carboxylic acid groups (broad SMARTS) is 1. The third-order valence-electron chi connectivity index (χ3n) is 4.63. The third kappa shape index (κ3) is 5.64. The van der Waals surface area contributed by atoms with Gasteiger partial charge in [0.1, 0.15) is 12.4 Å². The van der Waals surface area contributed by atoms with Gasteiger partial charge in [-0.2, -0.15) is 18.3 Å². The largest absolute Gasteiger partial charge is 0.478 e. The lowest BCUT2D eigenvalue weighted by Crippen LogP contribution is -2.37. The van der Waals surface area contributed by atoms with Crippen molar-refractivity contribution in [3.8, 4) is 17.1 Å². The zero-order chi connectivity index (χ0) is 23.5. The number of aryl methyl sites for hydroxylation is 1. The second-order valence-electron chi connectivity index (χ2n) is 7.60. The maximum atomic E-state index is 12.7. The van der Waals surface area contributed by atoms with Crippen LogP contribution in [-0.2, 0) is 36.0 Å². The van der Waals surface area contributed by atoms with Crippen LogP contribution in [0, 0.1) is 0 Å². The number of hydrogen-bond acceptors (Lipinski definition) is 5. The van der Waals surface area contributed by atoms with Gasteiger partial charge in [-0.15, -0.1) is 0 Å². The van der Waals surface area contributed by atoms with Gasteiger partial charge in [0.25, 0.3) is 0 Å². The van der Waals surface area contributed by atoms with Gasteiger partial charge >= 0.3 is 12.1 Å². The fourth-order valence-corrected chi connectivity index (χ4v) is 2.73. The van der Waals surface area contributed by atoms with Gasteiger partial charge in [0, 0.05) is 12.6 Å². The van der Waals surface area contributed by atoms with E-state index in [0.717, 1.165) is 17.7 Å². The predicted molar refractivity (Wildman–Crippen MR) is 109 cm³/mol. The highest BCUT2D eigenvalue weighted by molar-refractivity contribution is 5.76. The van der Waals surface area contributed by atoms with Gasteiger partial charge in [0.05, 0.1) is 12.2 Å². The quantitative estimate of drug-likeness (QED) is 0.547. The Morgan fingerprint density at radius 2 is 1.66 bits per heavy atom. The lowest BCUT2D eigenvalue weighted by Gasteiger charge is -2.21. The van der Waals surface area contributed by atoms with Gasteiger partial charge in [0.2, 0.25) is 0 Å². The summed E-state index contributed by atoms with van der Waals surface area (Å²) in [7, 11) is 1.68. The molecule has 1 aromatic heterocycles. The van der Waals surface area contributed by atoms with Crippen LogP contribution >= 0.6 is 0 Å². The van der Waals surface area contributed by atoms with Crippen molar-refractivity contribution < 1.29 is 32.5 Å². The molecule has 3 rings (SSSR count). The first kappa shape index (κ1) is 23.3. The summed E-state index contributed by atoms with van der Waals surface area (Å²) in [5.41, 5.74) is -0.757. The van der Waals surface area contributed by atoms with Crippen LogP contribution in [0.4, 0.5) is 13.2 Å². The van der Waals surface area contributed by atoms with Crippen LogP contribution in [-0.4, -0.2) is 31.4 Å². The van der Waals surface area contributed by atoms with E-state index in [-0.39, 0.29) is 13.2 Å². The number of carboxylic acids is 1. The first-order chi connectivity index (χ1) is 15.0. The van der Waals surface area contributed by atoms with E-state index in [0.29, 0.717) is 23.0 Å². The van der Waals surface area contributed by atoms with E-state index >= 15 is 0 Å². The topological polar surface area (TPSA) is 86.5 Å². The Hall–Kier alpha value is -3.40. The molecule has 7 nitrogen and oxygen atoms in total. The van der Waals surface area contributed by atoms with Crippen molar-refractivity contribution in [1.82, 2.24) is 14.8 Å². The van der Waals surface area contributed by atoms with Crippen LogP contribution in [0.25, 0.3) is 11.4 Å². The molecule has 2 aromatic carbocycles. The summed E-state index contributed by atoms with van der Waals surface area (Å²) < 4.78 is 50.8. The van der Waals surface area contributed by atoms with Gasteiger partial charge in [-0.25, -0.2) is 9.78 Å². The second kappa shape index (κ2) is 8.99. The molecule has 0 aliphatic carbocycles. The molecule has 0 spiro atoms. The van der Waals surface area contributed by atoms with Crippen LogP contribution in [0.5, 0.6) is 5.75 Å². The molecule has 0 amide bonds. The molecule has 32 heavy (non-hydrogen) atoms. The highest BCUT2D eigenvalue weighted by Crippen LogP contribution is 2.30. The number of benzene rings is 2. The number of halogens is 3. The van der Waals surface area contributed by atoms with Crippen LogP contribution in [0.1, 0.15) is 30.8 Å². The number of ether oxygens (including phenoxy) is 2. The van der Waals surface area contributed by atoms with Crippen LogP contribution in [0.15, 0.2) is 48.5 Å². The predicted octanol–water partition coefficient (Wildman–Crippen LogP) is 4.46. The zero-order valence-corrected chi connectivity index (χ0v) is 17.7. The van der Waals surface area contributed by atoms with E-state index in [4.69, 9.17) is 14.6 Å². The van der Waals surface area contributed by atoms with Crippen molar-refractivity contribution in [3.05, 3.63) is 65.5 Å². The summed E-state index contributed by atoms with van der Waals surface area (Å²) in [5.74, 6) is 0.185. The summed E-state index contributed by atoms with van der Waals surface area (Å²) in [6.07, 6.45) is -4.40. The van der Waals surface area contributed by atoms with Crippen LogP contribution in [0.3, 0.4) is 0 Å². The first-order valence-electron chi connectivity index (χ1n) is 9.62. The monoisotopic (exact) mass is 449 g/mol. The lowest BCUT2D eigenvalue weighted by atomic mass is 10.1. The highest BCUT2D eigenvalue weighted by Gasteiger charge is 2.30. The standard InChI is InChI=1S/C22H22F3N3O4/c1-21(2,20(29)30)32-17-10-4-14(5-11-17)12-31-13-18-26-19(27-28(18)3)15-6-8-16(9-7-15)22(23,24)25/h4-11H,12-13H2,1-3H3,(H,29,30). The fourth-order valence-electron chi connectivity index (χ4n) is 2.73. The van der Waals surface area contributed by atoms with Crippen molar-refractivity contribution in [2.24, 2.45) is 7.05 Å². The molecule has 0 fully saturated rings. The smallest absolute Gasteiger partial charge is 0.416 e. The summed E-state index contributed by atoms with van der Waals surface area (Å²) in [6.45, 7) is 3.35. The third-order valence-corrected chi connectivity index (χ3v) is 4.63. The Bertz CT molecular complexity index is 1080. The van der Waals surface area contributed by atoms with E-state index in [1.54, 1.807) is 31.3 Å². The molecule has 0 bridgehead atoms. The zero-order valence-electron chi connectivity index (χ0n) is 17.7. The van der Waals surface area contributed by atoms with Crippen molar-refractivity contribution in [2.45, 2.75) is 38.8 Å². The number of aromatic nitrogens is 3. The van der Waals surface area contributed by atoms with Gasteiger partial charge in [-0.3, -0.25) is 4.68 Å². The summed E-state index contributed by atoms with van der Waals surface area (Å²) in [6, 6.07) is 11.5. The van der Waals surface area contributed by atoms with Crippen molar-refractivity contribution in [3.63, 3.8) is 0 Å². The molecule has 0 saturated heterocycles. The molecule has 0 atom stereocenters. The van der Waals surface area contributed by atoms with Gasteiger partial charge in [0.15, 0.2) is 17.2 Å². The molecule has 1 heterocycles. The normalized spacial score (nSPS) is 12.1. The molecule has 0 aliphatic heterocycles. The maximum Gasteiger partial charge on any atom is 0.416 e. The molecule has 0 radical (unpaired) electrons. The van der Waals surface area contributed by atoms with E-state index in [2.05, 4.69) is 10.1 Å². The molecule has 0 unspecified atom stereocenters. The number of aliphatic carboxylic acids is 1. The van der Waals surface area contributed by atoms with E-state index in [9.17, 15) is 18.0 Å². The lowest BCUT2D eigenvalue weighted by molar-refractivity contribution is -0.152. The Kier molecular flexibility index (Phi) is 6.54. The molecular formula is C22H22F3N3O4. The van der Waals surface area contributed by atoms with E-state index in [1.807, 2.05) is 0 Å². The van der Waals surface area contributed by atoms with Gasteiger partial charge in [-0.05, 0) is 43.7 Å². The number of carbonyl (C=O) groups is 1. The molecule has 1 N–H and O–H groups in total. The van der Waals surface area contributed by atoms with Crippen LogP contribution in [0.2, 0.25) is 0 Å². The number of alkyl halides is 3. The fraction of sp³-hybridized carbons (Fsp3) is 0.318. The van der Waals surface area contributed by atoms with Gasteiger partial charge < -0.3 is 14.6 Å². The first-order valence-corrected chi connectivity index (χ1v) is 9.62. The van der Waals surface area contributed by atoms with Gasteiger partial charge in [-0.1, -0.05) is 24.3 Å². The molecule has 10 heteroatoms. The maximum absolute atomic E-state index is 12.7. The molecule has 0 aliphatic rings. The average Bonchev–Trinajstić information content (AvgIpc) is 3.09. The molecule has 0 saturated carbocycles.